The van der Waals surface area contributed by atoms with E-state index in [2.05, 4.69) is 0 Å². The zero-order valence-electron chi connectivity index (χ0n) is 11.2. The van der Waals surface area contributed by atoms with Gasteiger partial charge in [-0.15, -0.1) is 0 Å². The molecular weight excluding hydrogens is 442 g/mol. The molecule has 0 aliphatic heterocycles. The maximum absolute atomic E-state index is 14.4. The van der Waals surface area contributed by atoms with Gasteiger partial charge in [0, 0.05) is 9.84 Å². The van der Waals surface area contributed by atoms with E-state index in [1.54, 1.807) is 0 Å². The van der Waals surface area contributed by atoms with Crippen LogP contribution in [0.5, 0.6) is 0 Å². The average Bonchev–Trinajstić information content (AvgIpc) is 2.30. The highest BCUT2D eigenvalue weighted by Gasteiger charge is 2.83. The van der Waals surface area contributed by atoms with Crippen LogP contribution in [0.3, 0.4) is 0 Å². The Balaban J connectivity index is 3.38. The summed E-state index contributed by atoms with van der Waals surface area (Å²) < 4.78 is 116. The van der Waals surface area contributed by atoms with Crippen LogP contribution in [0.2, 0.25) is 0 Å². The summed E-state index contributed by atoms with van der Waals surface area (Å²) in [4.78, 5) is 0. The molecule has 0 saturated heterocycles. The molecule has 0 nitrogen and oxygen atoms in total. The molecule has 1 saturated carbocycles. The zero-order valence-corrected chi connectivity index (χ0v) is 13.3. The highest BCUT2D eigenvalue weighted by Crippen LogP contribution is 2.59. The molecule has 0 heterocycles. The first-order valence-corrected chi connectivity index (χ1v) is 7.85. The maximum Gasteiger partial charge on any atom is 0.457 e. The van der Waals surface area contributed by atoms with Gasteiger partial charge in [0.15, 0.2) is 0 Å². The highest BCUT2D eigenvalue weighted by molar-refractivity contribution is 14.1. The van der Waals surface area contributed by atoms with Crippen molar-refractivity contribution in [1.82, 2.24) is 0 Å². The Labute approximate surface area is 134 Å². The van der Waals surface area contributed by atoms with Crippen LogP contribution in [0, 0.1) is 5.92 Å². The van der Waals surface area contributed by atoms with Crippen LogP contribution in [-0.2, 0) is 0 Å². The van der Waals surface area contributed by atoms with E-state index in [1.807, 2.05) is 0 Å². The summed E-state index contributed by atoms with van der Waals surface area (Å²) in [6.45, 7) is 0. The third kappa shape index (κ3) is 3.45. The second-order valence-corrected chi connectivity index (χ2v) is 7.00. The lowest BCUT2D eigenvalue weighted by Crippen LogP contribution is -2.67. The highest BCUT2D eigenvalue weighted by atomic mass is 127. The fourth-order valence-corrected chi connectivity index (χ4v) is 4.01. The van der Waals surface area contributed by atoms with Crippen molar-refractivity contribution in [3.05, 3.63) is 0 Å². The first-order valence-electron chi connectivity index (χ1n) is 6.61. The van der Waals surface area contributed by atoms with E-state index in [1.165, 1.54) is 22.6 Å². The topological polar surface area (TPSA) is 0 Å². The van der Waals surface area contributed by atoms with Crippen molar-refractivity contribution < 1.29 is 39.5 Å². The van der Waals surface area contributed by atoms with Crippen molar-refractivity contribution in [3.8, 4) is 0 Å². The van der Waals surface area contributed by atoms with Gasteiger partial charge < -0.3 is 0 Å². The molecule has 1 fully saturated rings. The number of hydrogen-bond acceptors (Lipinski definition) is 0. The van der Waals surface area contributed by atoms with E-state index < -0.39 is 40.2 Å². The maximum atomic E-state index is 14.4. The molecule has 132 valence electrons. The fraction of sp³-hybridized carbons (Fsp3) is 1.00. The molecule has 0 amide bonds. The van der Waals surface area contributed by atoms with Gasteiger partial charge in [0.2, 0.25) is 0 Å². The Bertz CT molecular complexity index is 376. The van der Waals surface area contributed by atoms with E-state index in [0.717, 1.165) is 0 Å². The van der Waals surface area contributed by atoms with Crippen molar-refractivity contribution >= 4 is 22.6 Å². The first-order chi connectivity index (χ1) is 9.77. The number of alkyl halides is 10. The molecule has 10 heteroatoms. The van der Waals surface area contributed by atoms with Crippen molar-refractivity contribution in [2.75, 3.05) is 0 Å². The largest absolute Gasteiger partial charge is 0.457 e. The van der Waals surface area contributed by atoms with Gasteiger partial charge >= 0.3 is 18.3 Å². The Morgan fingerprint density at radius 3 is 1.50 bits per heavy atom. The Kier molecular flexibility index (Phi) is 5.99. The monoisotopic (exact) mass is 456 g/mol. The standard InChI is InChI=1S/C12H14F9I/c13-9(11(16,17)18,10(14,15)12(19,20)21)7-5-3-1-2-4-6-8(7)22/h7-8H,1-6H2. The summed E-state index contributed by atoms with van der Waals surface area (Å²) in [6.07, 6.45) is -12.3. The number of hydrogen-bond donors (Lipinski definition) is 0. The minimum Gasteiger partial charge on any atom is -0.226 e. The second kappa shape index (κ2) is 6.54. The Morgan fingerprint density at radius 1 is 0.636 bits per heavy atom. The van der Waals surface area contributed by atoms with Gasteiger partial charge in [-0.2, -0.15) is 35.1 Å². The summed E-state index contributed by atoms with van der Waals surface area (Å²) in [5.41, 5.74) is -5.62. The molecule has 0 aromatic heterocycles. The third-order valence-corrected chi connectivity index (χ3v) is 5.41. The van der Waals surface area contributed by atoms with Gasteiger partial charge in [0.25, 0.3) is 5.67 Å². The van der Waals surface area contributed by atoms with Gasteiger partial charge in [-0.05, 0) is 12.8 Å². The van der Waals surface area contributed by atoms with Gasteiger partial charge in [0.1, 0.15) is 0 Å². The van der Waals surface area contributed by atoms with Crippen LogP contribution in [0.4, 0.5) is 39.5 Å². The van der Waals surface area contributed by atoms with Gasteiger partial charge in [-0.3, -0.25) is 0 Å². The molecule has 0 aromatic carbocycles. The molecule has 22 heavy (non-hydrogen) atoms. The molecule has 0 spiro atoms. The lowest BCUT2D eigenvalue weighted by Gasteiger charge is -2.43. The first kappa shape index (κ1) is 20.1. The fourth-order valence-electron chi connectivity index (χ4n) is 2.71. The van der Waals surface area contributed by atoms with Crippen molar-refractivity contribution in [3.63, 3.8) is 0 Å². The van der Waals surface area contributed by atoms with Crippen molar-refractivity contribution in [2.45, 2.75) is 66.4 Å². The van der Waals surface area contributed by atoms with Crippen LogP contribution in [0.15, 0.2) is 0 Å². The summed E-state index contributed by atoms with van der Waals surface area (Å²) >= 11 is 1.35. The van der Waals surface area contributed by atoms with Crippen LogP contribution in [0.1, 0.15) is 38.5 Å². The second-order valence-electron chi connectivity index (χ2n) is 5.40. The van der Waals surface area contributed by atoms with Crippen molar-refractivity contribution in [1.29, 1.82) is 0 Å². The molecule has 3 unspecified atom stereocenters. The molecular formula is C12H14F9I. The summed E-state index contributed by atoms with van der Waals surface area (Å²) in [6, 6.07) is 0. The minimum absolute atomic E-state index is 0.0140. The molecule has 0 N–H and O–H groups in total. The van der Waals surface area contributed by atoms with E-state index in [-0.39, 0.29) is 12.8 Å². The van der Waals surface area contributed by atoms with Gasteiger partial charge in [-0.1, -0.05) is 48.3 Å². The van der Waals surface area contributed by atoms with Gasteiger partial charge in [-0.25, -0.2) is 4.39 Å². The van der Waals surface area contributed by atoms with Crippen LogP contribution in [0.25, 0.3) is 0 Å². The van der Waals surface area contributed by atoms with E-state index in [0.29, 0.717) is 19.3 Å². The summed E-state index contributed by atoms with van der Waals surface area (Å²) in [5.74, 6) is -8.93. The molecule has 0 bridgehead atoms. The van der Waals surface area contributed by atoms with E-state index in [9.17, 15) is 39.5 Å². The Morgan fingerprint density at radius 2 is 1.09 bits per heavy atom. The number of halogens is 10. The van der Waals surface area contributed by atoms with Crippen molar-refractivity contribution in [2.24, 2.45) is 5.92 Å². The molecule has 1 aliphatic carbocycles. The van der Waals surface area contributed by atoms with Crippen LogP contribution < -0.4 is 0 Å². The Hall–Kier alpha value is 0.1000. The lowest BCUT2D eigenvalue weighted by molar-refractivity contribution is -0.395. The van der Waals surface area contributed by atoms with Gasteiger partial charge in [0.05, 0.1) is 0 Å². The van der Waals surface area contributed by atoms with E-state index in [4.69, 9.17) is 0 Å². The SMILES string of the molecule is FC(F)(F)C(F)(F)C(F)(C1CCCCCCC1I)C(F)(F)F. The molecule has 3 atom stereocenters. The predicted octanol–water partition coefficient (Wildman–Crippen LogP) is 6.23. The average molecular weight is 456 g/mol. The minimum atomic E-state index is -6.62. The summed E-state index contributed by atoms with van der Waals surface area (Å²) in [5, 5.41) is 0. The van der Waals surface area contributed by atoms with E-state index >= 15 is 0 Å². The zero-order chi connectivity index (χ0) is 17.4. The van der Waals surface area contributed by atoms with Crippen LogP contribution >= 0.6 is 22.6 Å². The smallest absolute Gasteiger partial charge is 0.226 e. The molecule has 1 aliphatic rings. The normalized spacial score (nSPS) is 28.6. The lowest BCUT2D eigenvalue weighted by atomic mass is 9.75. The third-order valence-electron chi connectivity index (χ3n) is 3.92. The predicted molar refractivity (Wildman–Crippen MR) is 69.9 cm³/mol. The molecule has 0 aromatic rings. The summed E-state index contributed by atoms with van der Waals surface area (Å²) in [7, 11) is 0. The quantitative estimate of drug-likeness (QED) is 0.263. The molecule has 0 radical (unpaired) electrons. The number of rotatable bonds is 2. The molecule has 1 rings (SSSR count). The van der Waals surface area contributed by atoms with Crippen LogP contribution in [-0.4, -0.2) is 27.9 Å².